The summed E-state index contributed by atoms with van der Waals surface area (Å²) in [5, 5.41) is 13.9. The SMILES string of the molecule is C=C\C(=C/C(C(=C)C)=C(/C=C\C)C(=O)Nc1nc2ccccc2s1)c1ccc(C(=CN)C(C)=NCC23CC4(C)CC(C)(C2)CC(ONC)(C4)C3)c(C(=O)O)n1. The van der Waals surface area contributed by atoms with Crippen molar-refractivity contribution in [1.82, 2.24) is 15.4 Å². The number of aromatic nitrogens is 2. The quantitative estimate of drug-likeness (QED) is 0.0550. The van der Waals surface area contributed by atoms with E-state index in [9.17, 15) is 14.7 Å². The van der Waals surface area contributed by atoms with E-state index in [2.05, 4.69) is 47.8 Å². The van der Waals surface area contributed by atoms with E-state index in [0.29, 0.717) is 56.5 Å². The lowest BCUT2D eigenvalue weighted by Gasteiger charge is -2.68. The second kappa shape index (κ2) is 15.3. The van der Waals surface area contributed by atoms with Gasteiger partial charge in [0, 0.05) is 47.8 Å². The van der Waals surface area contributed by atoms with Gasteiger partial charge >= 0.3 is 5.97 Å². The molecule has 0 radical (unpaired) electrons. The average Bonchev–Trinajstić information content (AvgIpc) is 3.51. The molecule has 11 heteroatoms. The molecule has 2 unspecified atom stereocenters. The molecule has 7 rings (SSSR count). The Kier molecular flexibility index (Phi) is 11.0. The maximum atomic E-state index is 13.7. The van der Waals surface area contributed by atoms with Gasteiger partial charge in [-0.25, -0.2) is 20.2 Å². The van der Waals surface area contributed by atoms with Gasteiger partial charge in [-0.3, -0.25) is 19.9 Å². The van der Waals surface area contributed by atoms with Crippen molar-refractivity contribution in [2.24, 2.45) is 27.0 Å². The fourth-order valence-corrected chi connectivity index (χ4v) is 11.3. The molecular formula is C44H52N6O4S. The first-order valence-corrected chi connectivity index (χ1v) is 19.5. The molecule has 2 heterocycles. The minimum Gasteiger partial charge on any atom is -0.476 e. The molecule has 3 aromatic rings. The number of hydroxylamine groups is 1. The number of para-hydroxylation sites is 1. The number of carboxylic acid groups (broad SMARTS) is 1. The number of fused-ring (bicyclic) bond motifs is 1. The van der Waals surface area contributed by atoms with Crippen molar-refractivity contribution in [3.05, 3.63) is 114 Å². The standard InChI is InChI=1S/C44H52N6O4S/c1-9-13-31(38(51)50-40-49-35-14-11-12-15-36(35)55-40)32(27(3)4)18-29(10-2)34-17-16-30(37(48-34)39(52)53)33(19-45)28(5)47-26-43-21-41(6)20-42(7,22-43)24-44(23-41,25-43)54-46-8/h9-19,46H,2-3,20-26,45H2,1,4-8H3,(H,52,53)(H,49,50,51)/b13-9-,29-18+,32-31+,33-19?,47-28?. The highest BCUT2D eigenvalue weighted by molar-refractivity contribution is 7.22. The Balaban J connectivity index is 1.31. The van der Waals surface area contributed by atoms with Gasteiger partial charge in [0.1, 0.15) is 0 Å². The fourth-order valence-electron chi connectivity index (χ4n) is 10.5. The van der Waals surface area contributed by atoms with Gasteiger partial charge in [0.15, 0.2) is 10.8 Å². The molecule has 5 N–H and O–H groups in total. The van der Waals surface area contributed by atoms with Crippen LogP contribution in [0, 0.1) is 16.2 Å². The number of nitrogens with one attached hydrogen (secondary N) is 2. The van der Waals surface area contributed by atoms with Crippen molar-refractivity contribution < 1.29 is 19.5 Å². The molecule has 10 nitrogen and oxygen atoms in total. The number of carboxylic acids is 1. The van der Waals surface area contributed by atoms with Crippen molar-refractivity contribution >= 4 is 55.4 Å². The highest BCUT2D eigenvalue weighted by Crippen LogP contribution is 2.71. The Labute approximate surface area is 327 Å². The number of hydrogen-bond donors (Lipinski definition) is 4. The summed E-state index contributed by atoms with van der Waals surface area (Å²) >= 11 is 1.39. The van der Waals surface area contributed by atoms with Crippen LogP contribution in [0.1, 0.15) is 94.9 Å². The molecule has 1 amide bonds. The third-order valence-corrected chi connectivity index (χ3v) is 12.2. The van der Waals surface area contributed by atoms with Crippen LogP contribution in [0.3, 0.4) is 0 Å². The molecule has 0 spiro atoms. The van der Waals surface area contributed by atoms with Crippen LogP contribution in [0.2, 0.25) is 0 Å². The second-order valence-corrected chi connectivity index (χ2v) is 17.4. The van der Waals surface area contributed by atoms with E-state index < -0.39 is 5.97 Å². The van der Waals surface area contributed by atoms with E-state index in [4.69, 9.17) is 15.6 Å². The zero-order valence-electron chi connectivity index (χ0n) is 32.7. The van der Waals surface area contributed by atoms with Crippen molar-refractivity contribution in [3.8, 4) is 0 Å². The lowest BCUT2D eigenvalue weighted by molar-refractivity contribution is -0.259. The first-order valence-electron chi connectivity index (χ1n) is 18.7. The summed E-state index contributed by atoms with van der Waals surface area (Å²) in [5.74, 6) is -1.57. The molecule has 4 saturated carbocycles. The third-order valence-electron chi connectivity index (χ3n) is 11.2. The Morgan fingerprint density at radius 3 is 2.35 bits per heavy atom. The summed E-state index contributed by atoms with van der Waals surface area (Å²) in [4.78, 5) is 47.1. The van der Waals surface area contributed by atoms with Gasteiger partial charge in [-0.2, -0.15) is 0 Å². The summed E-state index contributed by atoms with van der Waals surface area (Å²) in [6.07, 6.45) is 14.6. The average molecular weight is 761 g/mol. The van der Waals surface area contributed by atoms with Gasteiger partial charge in [0.2, 0.25) is 0 Å². The number of nitrogens with zero attached hydrogens (tertiary/aromatic N) is 3. The first-order chi connectivity index (χ1) is 26.1. The van der Waals surface area contributed by atoms with Crippen LogP contribution in [0.15, 0.2) is 102 Å². The molecule has 0 saturated heterocycles. The summed E-state index contributed by atoms with van der Waals surface area (Å²) in [5.41, 5.74) is 13.9. The number of thiazole rings is 1. The molecule has 1 aromatic carbocycles. The summed E-state index contributed by atoms with van der Waals surface area (Å²) < 4.78 is 0.959. The minimum atomic E-state index is -1.21. The number of benzene rings is 1. The smallest absolute Gasteiger partial charge is 0.355 e. The summed E-state index contributed by atoms with van der Waals surface area (Å²) in [6.45, 7) is 19.0. The van der Waals surface area contributed by atoms with Crippen molar-refractivity contribution in [2.75, 3.05) is 18.9 Å². The molecule has 288 valence electrons. The van der Waals surface area contributed by atoms with E-state index in [1.54, 1.807) is 43.4 Å². The number of carbonyl (C=O) groups excluding carboxylic acids is 1. The monoisotopic (exact) mass is 760 g/mol. The van der Waals surface area contributed by atoms with Crippen LogP contribution in [0.25, 0.3) is 21.4 Å². The Bertz CT molecular complexity index is 2170. The van der Waals surface area contributed by atoms with E-state index in [-0.39, 0.29) is 33.4 Å². The highest BCUT2D eigenvalue weighted by atomic mass is 32.1. The van der Waals surface area contributed by atoms with Crippen LogP contribution in [-0.2, 0) is 9.63 Å². The number of amides is 1. The van der Waals surface area contributed by atoms with Gasteiger partial charge < -0.3 is 10.8 Å². The van der Waals surface area contributed by atoms with E-state index in [0.717, 1.165) is 42.3 Å². The fraction of sp³-hybridized carbons (Fsp3) is 0.386. The van der Waals surface area contributed by atoms with Gasteiger partial charge in [-0.05, 0) is 111 Å². The highest BCUT2D eigenvalue weighted by Gasteiger charge is 2.66. The van der Waals surface area contributed by atoms with E-state index in [1.807, 2.05) is 45.2 Å². The minimum absolute atomic E-state index is 0.0247. The molecule has 4 aliphatic rings. The van der Waals surface area contributed by atoms with Crippen LogP contribution in [-0.4, -0.2) is 51.9 Å². The van der Waals surface area contributed by atoms with Gasteiger partial charge in [-0.1, -0.05) is 74.3 Å². The van der Waals surface area contributed by atoms with Crippen LogP contribution >= 0.6 is 11.3 Å². The molecular weight excluding hydrogens is 709 g/mol. The van der Waals surface area contributed by atoms with E-state index in [1.165, 1.54) is 24.0 Å². The number of carbonyl (C=O) groups is 2. The molecule has 2 atom stereocenters. The number of nitrogens with two attached hydrogens (primary N) is 1. The normalized spacial score (nSPS) is 27.1. The summed E-state index contributed by atoms with van der Waals surface area (Å²) in [7, 11) is 1.84. The molecule has 4 aliphatic carbocycles. The largest absolute Gasteiger partial charge is 0.476 e. The maximum absolute atomic E-state index is 13.7. The zero-order valence-corrected chi connectivity index (χ0v) is 33.5. The number of allylic oxidation sites excluding steroid dienone is 7. The predicted molar refractivity (Wildman–Crippen MR) is 224 cm³/mol. The van der Waals surface area contributed by atoms with E-state index >= 15 is 0 Å². The Morgan fingerprint density at radius 2 is 1.75 bits per heavy atom. The number of hydrogen-bond acceptors (Lipinski definition) is 9. The Morgan fingerprint density at radius 1 is 1.04 bits per heavy atom. The lowest BCUT2D eigenvalue weighted by atomic mass is 9.39. The lowest BCUT2D eigenvalue weighted by Crippen LogP contribution is -2.65. The zero-order chi connectivity index (χ0) is 39.8. The molecule has 4 fully saturated rings. The second-order valence-electron chi connectivity index (χ2n) is 16.4. The molecule has 55 heavy (non-hydrogen) atoms. The van der Waals surface area contributed by atoms with Gasteiger partial charge in [-0.15, -0.1) is 0 Å². The number of anilines is 1. The molecule has 0 aliphatic heterocycles. The third kappa shape index (κ3) is 8.06. The number of rotatable bonds is 14. The number of aromatic carboxylic acids is 1. The van der Waals surface area contributed by atoms with Gasteiger partial charge in [0.25, 0.3) is 5.91 Å². The van der Waals surface area contributed by atoms with Crippen molar-refractivity contribution in [2.45, 2.75) is 78.7 Å². The van der Waals surface area contributed by atoms with Crippen LogP contribution < -0.4 is 16.5 Å². The molecule has 4 bridgehead atoms. The number of aliphatic imine (C=N–C) groups is 1. The van der Waals surface area contributed by atoms with Crippen LogP contribution in [0.4, 0.5) is 5.13 Å². The Hall–Kier alpha value is -4.97. The van der Waals surface area contributed by atoms with Crippen molar-refractivity contribution in [3.63, 3.8) is 0 Å². The number of pyridine rings is 1. The van der Waals surface area contributed by atoms with Crippen LogP contribution in [0.5, 0.6) is 0 Å². The first kappa shape index (κ1) is 39.7. The van der Waals surface area contributed by atoms with Crippen molar-refractivity contribution in [1.29, 1.82) is 0 Å². The van der Waals surface area contributed by atoms with Gasteiger partial charge in [0.05, 0.1) is 21.5 Å². The summed E-state index contributed by atoms with van der Waals surface area (Å²) in [6, 6.07) is 11.1. The predicted octanol–water partition coefficient (Wildman–Crippen LogP) is 9.08. The topological polar surface area (TPSA) is 152 Å². The maximum Gasteiger partial charge on any atom is 0.355 e. The molecule has 2 aromatic heterocycles.